The van der Waals surface area contributed by atoms with Crippen LogP contribution in [-0.4, -0.2) is 64.0 Å². The number of aromatic nitrogens is 1. The molecule has 1 aromatic heterocycles. The third-order valence-electron chi connectivity index (χ3n) is 4.98. The number of benzene rings is 1. The first-order valence-electron chi connectivity index (χ1n) is 9.50. The van der Waals surface area contributed by atoms with Crippen molar-refractivity contribution in [3.63, 3.8) is 0 Å². The summed E-state index contributed by atoms with van der Waals surface area (Å²) >= 11 is 0. The van der Waals surface area contributed by atoms with Gasteiger partial charge in [0.05, 0.1) is 12.7 Å². The molecule has 1 aromatic carbocycles. The van der Waals surface area contributed by atoms with E-state index in [0.717, 1.165) is 12.8 Å². The molecule has 3 rings (SSSR count). The Hall–Kier alpha value is -2.93. The number of nitrogens with zero attached hydrogens (tertiary/aromatic N) is 3. The van der Waals surface area contributed by atoms with E-state index < -0.39 is 5.97 Å². The molecular weight excluding hydrogens is 358 g/mol. The van der Waals surface area contributed by atoms with E-state index in [1.54, 1.807) is 42.7 Å². The van der Waals surface area contributed by atoms with Gasteiger partial charge in [-0.05, 0) is 55.8 Å². The number of carboxylic acid groups (broad SMARTS) is 1. The molecule has 7 nitrogen and oxygen atoms in total. The smallest absolute Gasteiger partial charge is 0.317 e. The van der Waals surface area contributed by atoms with Gasteiger partial charge in [-0.25, -0.2) is 0 Å². The second-order valence-corrected chi connectivity index (χ2v) is 6.80. The molecule has 1 aliphatic rings. The molecule has 1 saturated heterocycles. The number of aliphatic carboxylic acids is 1. The van der Waals surface area contributed by atoms with Crippen molar-refractivity contribution in [2.75, 3.05) is 26.2 Å². The second kappa shape index (κ2) is 9.32. The zero-order chi connectivity index (χ0) is 19.9. The number of carbonyl (C=O) groups is 2. The van der Waals surface area contributed by atoms with Gasteiger partial charge in [-0.15, -0.1) is 0 Å². The number of piperidine rings is 1. The van der Waals surface area contributed by atoms with Crippen molar-refractivity contribution in [3.8, 4) is 11.5 Å². The normalized spacial score (nSPS) is 14.9. The minimum absolute atomic E-state index is 0.00680. The quantitative estimate of drug-likeness (QED) is 0.792. The molecule has 28 heavy (non-hydrogen) atoms. The summed E-state index contributed by atoms with van der Waals surface area (Å²) in [5, 5.41) is 9.03. The highest BCUT2D eigenvalue weighted by molar-refractivity contribution is 5.94. The Bertz CT molecular complexity index is 787. The summed E-state index contributed by atoms with van der Waals surface area (Å²) in [6.07, 6.45) is 4.89. The van der Waals surface area contributed by atoms with Crippen LogP contribution in [0.15, 0.2) is 48.8 Å². The Kier molecular flexibility index (Phi) is 6.60. The molecule has 0 atom stereocenters. The summed E-state index contributed by atoms with van der Waals surface area (Å²) in [4.78, 5) is 31.6. The lowest BCUT2D eigenvalue weighted by atomic mass is 10.0. The first-order chi connectivity index (χ1) is 13.6. The monoisotopic (exact) mass is 383 g/mol. The number of hydrogen-bond donors (Lipinski definition) is 1. The summed E-state index contributed by atoms with van der Waals surface area (Å²) in [6.45, 7) is 3.98. The number of likely N-dealkylation sites (N-methyl/N-ethyl adjacent to an activating group) is 1. The largest absolute Gasteiger partial charge is 0.480 e. The van der Waals surface area contributed by atoms with Crippen LogP contribution < -0.4 is 4.74 Å². The van der Waals surface area contributed by atoms with E-state index in [0.29, 0.717) is 36.7 Å². The van der Waals surface area contributed by atoms with Crippen molar-refractivity contribution >= 4 is 11.9 Å². The maximum absolute atomic E-state index is 12.8. The van der Waals surface area contributed by atoms with E-state index in [1.165, 1.54) is 0 Å². The zero-order valence-electron chi connectivity index (χ0n) is 16.0. The van der Waals surface area contributed by atoms with Crippen molar-refractivity contribution in [1.82, 2.24) is 14.8 Å². The molecule has 1 N–H and O–H groups in total. The number of carboxylic acids is 1. The molecule has 7 heteroatoms. The van der Waals surface area contributed by atoms with Crippen LogP contribution in [0.5, 0.6) is 11.5 Å². The van der Waals surface area contributed by atoms with Crippen LogP contribution in [-0.2, 0) is 4.79 Å². The van der Waals surface area contributed by atoms with Crippen LogP contribution in [0.25, 0.3) is 0 Å². The van der Waals surface area contributed by atoms with Gasteiger partial charge in [-0.2, -0.15) is 0 Å². The van der Waals surface area contributed by atoms with Crippen LogP contribution in [0.2, 0.25) is 0 Å². The minimum Gasteiger partial charge on any atom is -0.480 e. The molecule has 1 fully saturated rings. The Labute approximate surface area is 164 Å². The third kappa shape index (κ3) is 5.07. The van der Waals surface area contributed by atoms with Crippen molar-refractivity contribution in [2.24, 2.45) is 0 Å². The lowest BCUT2D eigenvalue weighted by molar-refractivity contribution is -0.139. The van der Waals surface area contributed by atoms with Gasteiger partial charge in [0.25, 0.3) is 5.91 Å². The SMILES string of the molecule is CCN(CC(=O)O)C1CCN(C(=O)c2ccc(Oc3cccnc3)cc2)CC1. The molecule has 0 bridgehead atoms. The highest BCUT2D eigenvalue weighted by Gasteiger charge is 2.27. The summed E-state index contributed by atoms with van der Waals surface area (Å²) in [6, 6.07) is 10.9. The second-order valence-electron chi connectivity index (χ2n) is 6.80. The van der Waals surface area contributed by atoms with E-state index in [4.69, 9.17) is 9.84 Å². The van der Waals surface area contributed by atoms with E-state index >= 15 is 0 Å². The van der Waals surface area contributed by atoms with Gasteiger partial charge in [-0.3, -0.25) is 19.5 Å². The van der Waals surface area contributed by atoms with E-state index in [9.17, 15) is 9.59 Å². The summed E-state index contributed by atoms with van der Waals surface area (Å²) in [5.74, 6) is 0.475. The van der Waals surface area contributed by atoms with Crippen LogP contribution in [0, 0.1) is 0 Å². The predicted octanol–water partition coefficient (Wildman–Crippen LogP) is 2.89. The Morgan fingerprint density at radius 3 is 2.46 bits per heavy atom. The van der Waals surface area contributed by atoms with Crippen molar-refractivity contribution in [3.05, 3.63) is 54.4 Å². The lowest BCUT2D eigenvalue weighted by Crippen LogP contribution is -2.48. The van der Waals surface area contributed by atoms with Gasteiger partial charge in [0, 0.05) is 30.9 Å². The van der Waals surface area contributed by atoms with Crippen LogP contribution in [0.4, 0.5) is 0 Å². The minimum atomic E-state index is -0.811. The molecule has 0 aliphatic carbocycles. The van der Waals surface area contributed by atoms with Gasteiger partial charge in [-0.1, -0.05) is 6.92 Å². The highest BCUT2D eigenvalue weighted by Crippen LogP contribution is 2.22. The highest BCUT2D eigenvalue weighted by atomic mass is 16.5. The van der Waals surface area contributed by atoms with Gasteiger partial charge < -0.3 is 14.7 Å². The zero-order valence-corrected chi connectivity index (χ0v) is 16.0. The van der Waals surface area contributed by atoms with Crippen molar-refractivity contribution in [2.45, 2.75) is 25.8 Å². The first kappa shape index (κ1) is 19.8. The fraction of sp³-hybridized carbons (Fsp3) is 0.381. The van der Waals surface area contributed by atoms with E-state index in [-0.39, 0.29) is 18.5 Å². The predicted molar refractivity (Wildman–Crippen MR) is 105 cm³/mol. The summed E-state index contributed by atoms with van der Waals surface area (Å²) < 4.78 is 5.70. The number of hydrogen-bond acceptors (Lipinski definition) is 5. The van der Waals surface area contributed by atoms with Crippen molar-refractivity contribution in [1.29, 1.82) is 0 Å². The van der Waals surface area contributed by atoms with E-state index in [1.807, 2.05) is 22.8 Å². The number of pyridine rings is 1. The summed E-state index contributed by atoms with van der Waals surface area (Å²) in [5.41, 5.74) is 0.620. The number of ether oxygens (including phenoxy) is 1. The topological polar surface area (TPSA) is 83.0 Å². The maximum atomic E-state index is 12.8. The molecule has 0 saturated carbocycles. The number of likely N-dealkylation sites (tertiary alicyclic amines) is 1. The van der Waals surface area contributed by atoms with Crippen LogP contribution >= 0.6 is 0 Å². The number of amides is 1. The molecule has 0 radical (unpaired) electrons. The molecule has 2 heterocycles. The van der Waals surface area contributed by atoms with Gasteiger partial charge in [0.1, 0.15) is 11.5 Å². The maximum Gasteiger partial charge on any atom is 0.317 e. The number of carbonyl (C=O) groups excluding carboxylic acids is 1. The lowest BCUT2D eigenvalue weighted by Gasteiger charge is -2.37. The van der Waals surface area contributed by atoms with Gasteiger partial charge >= 0.3 is 5.97 Å². The molecule has 0 spiro atoms. The fourth-order valence-electron chi connectivity index (χ4n) is 3.50. The summed E-state index contributed by atoms with van der Waals surface area (Å²) in [7, 11) is 0. The first-order valence-corrected chi connectivity index (χ1v) is 9.50. The van der Waals surface area contributed by atoms with Crippen LogP contribution in [0.3, 0.4) is 0 Å². The van der Waals surface area contributed by atoms with Crippen molar-refractivity contribution < 1.29 is 19.4 Å². The molecule has 1 amide bonds. The standard InChI is InChI=1S/C21H25N3O4/c1-2-23(15-20(25)26)17-9-12-24(13-10-17)21(27)16-5-7-18(8-6-16)28-19-4-3-11-22-14-19/h3-8,11,14,17H,2,9-10,12-13,15H2,1H3,(H,25,26). The fourth-order valence-corrected chi connectivity index (χ4v) is 3.50. The molecular formula is C21H25N3O4. The Balaban J connectivity index is 1.55. The average Bonchev–Trinajstić information content (AvgIpc) is 2.73. The van der Waals surface area contributed by atoms with Crippen LogP contribution in [0.1, 0.15) is 30.1 Å². The van der Waals surface area contributed by atoms with Gasteiger partial charge in [0.2, 0.25) is 0 Å². The Morgan fingerprint density at radius 1 is 1.18 bits per heavy atom. The number of rotatable bonds is 7. The van der Waals surface area contributed by atoms with Gasteiger partial charge in [0.15, 0.2) is 0 Å². The molecule has 2 aromatic rings. The van der Waals surface area contributed by atoms with E-state index in [2.05, 4.69) is 4.98 Å². The third-order valence-corrected chi connectivity index (χ3v) is 4.98. The molecule has 0 unspecified atom stereocenters. The molecule has 1 aliphatic heterocycles. The Morgan fingerprint density at radius 2 is 1.89 bits per heavy atom. The molecule has 148 valence electrons. The average molecular weight is 383 g/mol.